The van der Waals surface area contributed by atoms with Gasteiger partial charge in [0.1, 0.15) is 6.04 Å². The summed E-state index contributed by atoms with van der Waals surface area (Å²) in [6.45, 7) is 6.11. The van der Waals surface area contributed by atoms with E-state index < -0.39 is 6.04 Å². The molecule has 1 unspecified atom stereocenters. The van der Waals surface area contributed by atoms with Gasteiger partial charge in [0.15, 0.2) is 0 Å². The van der Waals surface area contributed by atoms with E-state index in [4.69, 9.17) is 10.5 Å². The number of nitrogens with one attached hydrogen (secondary N) is 1. The Kier molecular flexibility index (Phi) is 7.15. The maximum atomic E-state index is 11.8. The van der Waals surface area contributed by atoms with Crippen molar-refractivity contribution >= 4 is 5.91 Å². The molecule has 0 aromatic heterocycles. The van der Waals surface area contributed by atoms with E-state index in [9.17, 15) is 4.79 Å². The van der Waals surface area contributed by atoms with E-state index in [0.717, 1.165) is 37.2 Å². The van der Waals surface area contributed by atoms with Crippen LogP contribution in [0.3, 0.4) is 0 Å². The second kappa shape index (κ2) is 8.67. The fourth-order valence-corrected chi connectivity index (χ4v) is 1.72. The molecule has 106 valence electrons. The van der Waals surface area contributed by atoms with Crippen LogP contribution in [0, 0.1) is 6.92 Å². The van der Waals surface area contributed by atoms with Crippen LogP contribution in [0.25, 0.3) is 0 Å². The van der Waals surface area contributed by atoms with Gasteiger partial charge in [0.2, 0.25) is 5.91 Å². The van der Waals surface area contributed by atoms with Crippen LogP contribution in [0.15, 0.2) is 24.3 Å². The van der Waals surface area contributed by atoms with E-state index in [-0.39, 0.29) is 5.91 Å². The second-order valence-electron chi connectivity index (χ2n) is 4.58. The van der Waals surface area contributed by atoms with Gasteiger partial charge in [0.25, 0.3) is 0 Å². The molecule has 1 aromatic rings. The molecule has 19 heavy (non-hydrogen) atoms. The van der Waals surface area contributed by atoms with Crippen molar-refractivity contribution in [3.8, 4) is 0 Å². The maximum Gasteiger partial charge on any atom is 0.241 e. The fourth-order valence-electron chi connectivity index (χ4n) is 1.72. The van der Waals surface area contributed by atoms with Crippen LogP contribution in [0.4, 0.5) is 0 Å². The lowest BCUT2D eigenvalue weighted by Gasteiger charge is -2.12. The molecule has 1 atom stereocenters. The molecule has 4 heteroatoms. The Morgan fingerprint density at radius 3 is 2.63 bits per heavy atom. The van der Waals surface area contributed by atoms with E-state index in [1.165, 1.54) is 0 Å². The van der Waals surface area contributed by atoms with Crippen molar-refractivity contribution < 1.29 is 9.53 Å². The first-order valence-corrected chi connectivity index (χ1v) is 6.82. The zero-order valence-corrected chi connectivity index (χ0v) is 11.8. The Hall–Kier alpha value is -1.39. The lowest BCUT2D eigenvalue weighted by molar-refractivity contribution is -0.122. The standard InChI is InChI=1S/C15H24N2O2/c1-3-19-11-5-4-10-17-15(18)14(16)13-8-6-12(2)7-9-13/h6-9,14H,3-5,10-11,16H2,1-2H3,(H,17,18). The molecule has 1 amide bonds. The van der Waals surface area contributed by atoms with Gasteiger partial charge in [0.05, 0.1) is 0 Å². The van der Waals surface area contributed by atoms with E-state index >= 15 is 0 Å². The number of benzene rings is 1. The summed E-state index contributed by atoms with van der Waals surface area (Å²) >= 11 is 0. The van der Waals surface area contributed by atoms with Crippen molar-refractivity contribution in [3.05, 3.63) is 35.4 Å². The third kappa shape index (κ3) is 5.85. The summed E-state index contributed by atoms with van der Waals surface area (Å²) in [6.07, 6.45) is 1.86. The molecule has 3 N–H and O–H groups in total. The van der Waals surface area contributed by atoms with E-state index in [1.54, 1.807) is 0 Å². The van der Waals surface area contributed by atoms with Crippen molar-refractivity contribution in [2.75, 3.05) is 19.8 Å². The number of carbonyl (C=O) groups is 1. The molecule has 4 nitrogen and oxygen atoms in total. The zero-order valence-electron chi connectivity index (χ0n) is 11.8. The molecule has 1 aromatic carbocycles. The predicted octanol–water partition coefficient (Wildman–Crippen LogP) is 1.93. The Labute approximate surface area is 115 Å². The van der Waals surface area contributed by atoms with Crippen molar-refractivity contribution in [2.45, 2.75) is 32.7 Å². The minimum absolute atomic E-state index is 0.125. The molecule has 0 spiro atoms. The van der Waals surface area contributed by atoms with Crippen molar-refractivity contribution in [3.63, 3.8) is 0 Å². The summed E-state index contributed by atoms with van der Waals surface area (Å²) in [6, 6.07) is 7.13. The van der Waals surface area contributed by atoms with Gasteiger partial charge in [-0.05, 0) is 32.3 Å². The highest BCUT2D eigenvalue weighted by Crippen LogP contribution is 2.11. The molecule has 0 radical (unpaired) electrons. The SMILES string of the molecule is CCOCCCCNC(=O)C(N)c1ccc(C)cc1. The highest BCUT2D eigenvalue weighted by atomic mass is 16.5. The number of unbranched alkanes of at least 4 members (excludes halogenated alkanes) is 1. The largest absolute Gasteiger partial charge is 0.382 e. The summed E-state index contributed by atoms with van der Waals surface area (Å²) in [4.78, 5) is 11.8. The number of ether oxygens (including phenoxy) is 1. The normalized spacial score (nSPS) is 12.2. The number of hydrogen-bond donors (Lipinski definition) is 2. The smallest absolute Gasteiger partial charge is 0.241 e. The fraction of sp³-hybridized carbons (Fsp3) is 0.533. The number of amides is 1. The minimum atomic E-state index is -0.590. The molecule has 0 aliphatic rings. The number of rotatable bonds is 8. The topological polar surface area (TPSA) is 64.3 Å². The summed E-state index contributed by atoms with van der Waals surface area (Å²) in [5.41, 5.74) is 7.92. The molecule has 0 bridgehead atoms. The average Bonchev–Trinajstić information content (AvgIpc) is 2.42. The quantitative estimate of drug-likeness (QED) is 0.705. The van der Waals surface area contributed by atoms with Gasteiger partial charge in [-0.1, -0.05) is 29.8 Å². The van der Waals surface area contributed by atoms with Crippen LogP contribution in [-0.4, -0.2) is 25.7 Å². The van der Waals surface area contributed by atoms with E-state index in [0.29, 0.717) is 6.54 Å². The Bertz CT molecular complexity index is 376. The van der Waals surface area contributed by atoms with Gasteiger partial charge >= 0.3 is 0 Å². The Balaban J connectivity index is 2.27. The van der Waals surface area contributed by atoms with Gasteiger partial charge in [-0.25, -0.2) is 0 Å². The molecular formula is C15H24N2O2. The highest BCUT2D eigenvalue weighted by Gasteiger charge is 2.14. The van der Waals surface area contributed by atoms with Crippen LogP contribution >= 0.6 is 0 Å². The van der Waals surface area contributed by atoms with Crippen LogP contribution in [0.2, 0.25) is 0 Å². The summed E-state index contributed by atoms with van der Waals surface area (Å²) in [5.74, 6) is -0.125. The summed E-state index contributed by atoms with van der Waals surface area (Å²) in [5, 5.41) is 2.85. The zero-order chi connectivity index (χ0) is 14.1. The monoisotopic (exact) mass is 264 g/mol. The lowest BCUT2D eigenvalue weighted by atomic mass is 10.1. The first-order valence-electron chi connectivity index (χ1n) is 6.82. The molecule has 0 saturated heterocycles. The van der Waals surface area contributed by atoms with Gasteiger partial charge in [0, 0.05) is 19.8 Å². The first-order chi connectivity index (χ1) is 9.15. The molecule has 0 saturated carbocycles. The van der Waals surface area contributed by atoms with Crippen molar-refractivity contribution in [1.29, 1.82) is 0 Å². The van der Waals surface area contributed by atoms with E-state index in [2.05, 4.69) is 5.32 Å². The summed E-state index contributed by atoms with van der Waals surface area (Å²) in [7, 11) is 0. The number of nitrogens with two attached hydrogens (primary N) is 1. The maximum absolute atomic E-state index is 11.8. The lowest BCUT2D eigenvalue weighted by Crippen LogP contribution is -2.34. The van der Waals surface area contributed by atoms with Gasteiger partial charge in [-0.15, -0.1) is 0 Å². The van der Waals surface area contributed by atoms with Gasteiger partial charge in [-0.3, -0.25) is 4.79 Å². The number of aryl methyl sites for hydroxylation is 1. The van der Waals surface area contributed by atoms with E-state index in [1.807, 2.05) is 38.1 Å². The predicted molar refractivity (Wildman–Crippen MR) is 76.8 cm³/mol. The second-order valence-corrected chi connectivity index (χ2v) is 4.58. The van der Waals surface area contributed by atoms with Crippen LogP contribution < -0.4 is 11.1 Å². The summed E-state index contributed by atoms with van der Waals surface area (Å²) < 4.78 is 5.23. The third-order valence-electron chi connectivity index (χ3n) is 2.94. The number of hydrogen-bond acceptors (Lipinski definition) is 3. The van der Waals surface area contributed by atoms with Gasteiger partial charge < -0.3 is 15.8 Å². The van der Waals surface area contributed by atoms with Crippen LogP contribution in [0.1, 0.15) is 36.9 Å². The van der Waals surface area contributed by atoms with Crippen LogP contribution in [0.5, 0.6) is 0 Å². The van der Waals surface area contributed by atoms with Crippen LogP contribution in [-0.2, 0) is 9.53 Å². The minimum Gasteiger partial charge on any atom is -0.382 e. The average molecular weight is 264 g/mol. The Morgan fingerprint density at radius 1 is 1.32 bits per heavy atom. The van der Waals surface area contributed by atoms with Gasteiger partial charge in [-0.2, -0.15) is 0 Å². The molecule has 0 heterocycles. The van der Waals surface area contributed by atoms with Crippen molar-refractivity contribution in [1.82, 2.24) is 5.32 Å². The van der Waals surface area contributed by atoms with Crippen molar-refractivity contribution in [2.24, 2.45) is 5.73 Å². The first kappa shape index (κ1) is 15.7. The molecule has 0 fully saturated rings. The molecule has 1 rings (SSSR count). The number of carbonyl (C=O) groups excluding carboxylic acids is 1. The molecule has 0 aliphatic carbocycles. The third-order valence-corrected chi connectivity index (χ3v) is 2.94. The Morgan fingerprint density at radius 2 is 2.00 bits per heavy atom. The molecule has 0 aliphatic heterocycles. The molecular weight excluding hydrogens is 240 g/mol. The highest BCUT2D eigenvalue weighted by molar-refractivity contribution is 5.82.